The molecule has 2 heterocycles. The number of halogens is 1. The second kappa shape index (κ2) is 7.06. The summed E-state index contributed by atoms with van der Waals surface area (Å²) in [5, 5.41) is 11.9. The van der Waals surface area contributed by atoms with Crippen molar-refractivity contribution in [3.05, 3.63) is 59.9 Å². The van der Waals surface area contributed by atoms with Crippen LogP contribution in [0.15, 0.2) is 48.5 Å². The second-order valence-electron chi connectivity index (χ2n) is 6.27. The van der Waals surface area contributed by atoms with E-state index >= 15 is 0 Å². The monoisotopic (exact) mass is 365 g/mol. The van der Waals surface area contributed by atoms with Crippen molar-refractivity contribution in [2.45, 2.75) is 19.4 Å². The van der Waals surface area contributed by atoms with Crippen molar-refractivity contribution < 1.29 is 14.0 Å². The van der Waals surface area contributed by atoms with Crippen LogP contribution in [0, 0.1) is 5.82 Å². The maximum Gasteiger partial charge on any atom is 0.227 e. The zero-order chi connectivity index (χ0) is 18.8. The molecule has 1 fully saturated rings. The van der Waals surface area contributed by atoms with E-state index in [1.165, 1.54) is 16.9 Å². The number of tetrazole rings is 1. The summed E-state index contributed by atoms with van der Waals surface area (Å²) >= 11 is 0. The third-order valence-electron chi connectivity index (χ3n) is 4.41. The fraction of sp³-hybridized carbons (Fsp3) is 0.211. The quantitative estimate of drug-likeness (QED) is 0.649. The lowest BCUT2D eigenvalue weighted by Crippen LogP contribution is -2.23. The zero-order valence-corrected chi connectivity index (χ0v) is 14.4. The predicted molar refractivity (Wildman–Crippen MR) is 95.6 cm³/mol. The first-order valence-electron chi connectivity index (χ1n) is 8.57. The summed E-state index contributed by atoms with van der Waals surface area (Å²) in [6, 6.07) is 12.7. The summed E-state index contributed by atoms with van der Waals surface area (Å²) in [7, 11) is 0. The third-order valence-corrected chi connectivity index (χ3v) is 4.41. The molecule has 1 aliphatic heterocycles. The molecule has 0 N–H and O–H groups in total. The van der Waals surface area contributed by atoms with Crippen LogP contribution < -0.4 is 4.90 Å². The minimum Gasteiger partial charge on any atom is -0.312 e. The van der Waals surface area contributed by atoms with E-state index in [1.54, 1.807) is 41.3 Å². The van der Waals surface area contributed by atoms with Gasteiger partial charge in [-0.1, -0.05) is 0 Å². The molecule has 1 amide bonds. The summed E-state index contributed by atoms with van der Waals surface area (Å²) in [5.74, 6) is -0.0855. The van der Waals surface area contributed by atoms with Gasteiger partial charge in [0.1, 0.15) is 12.4 Å². The molecule has 8 heteroatoms. The maximum atomic E-state index is 13.0. The fourth-order valence-electron chi connectivity index (χ4n) is 2.99. The first-order valence-corrected chi connectivity index (χ1v) is 8.57. The number of anilines is 1. The Hall–Kier alpha value is -3.42. The topological polar surface area (TPSA) is 81.0 Å². The van der Waals surface area contributed by atoms with E-state index in [0.29, 0.717) is 29.9 Å². The molecule has 4 rings (SSSR count). The molecule has 1 saturated heterocycles. The molecule has 136 valence electrons. The van der Waals surface area contributed by atoms with E-state index in [4.69, 9.17) is 0 Å². The van der Waals surface area contributed by atoms with E-state index in [0.717, 1.165) is 12.1 Å². The highest BCUT2D eigenvalue weighted by Crippen LogP contribution is 2.22. The van der Waals surface area contributed by atoms with Gasteiger partial charge in [0.25, 0.3) is 0 Å². The van der Waals surface area contributed by atoms with Crippen LogP contribution in [0.25, 0.3) is 11.4 Å². The molecule has 3 aromatic rings. The molecule has 0 atom stereocenters. The van der Waals surface area contributed by atoms with Crippen LogP contribution in [0.5, 0.6) is 0 Å². The van der Waals surface area contributed by atoms with Crippen molar-refractivity contribution in [2.75, 3.05) is 11.4 Å². The molecule has 0 unspecified atom stereocenters. The molecular formula is C19H16FN5O2. The van der Waals surface area contributed by atoms with E-state index in [9.17, 15) is 14.0 Å². The highest BCUT2D eigenvalue weighted by molar-refractivity contribution is 5.98. The van der Waals surface area contributed by atoms with Crippen molar-refractivity contribution in [2.24, 2.45) is 0 Å². The average Bonchev–Trinajstić information content (AvgIpc) is 3.31. The number of Topliss-reactive ketones (excluding diaryl/α,β-unsaturated/α-hetero) is 1. The summed E-state index contributed by atoms with van der Waals surface area (Å²) < 4.78 is 13.0. The molecule has 0 spiro atoms. The lowest BCUT2D eigenvalue weighted by atomic mass is 10.1. The Bertz CT molecular complexity index is 982. The molecule has 27 heavy (non-hydrogen) atoms. The molecule has 0 saturated carbocycles. The van der Waals surface area contributed by atoms with Crippen molar-refractivity contribution in [1.82, 2.24) is 20.2 Å². The predicted octanol–water partition coefficient (Wildman–Crippen LogP) is 2.49. The number of hydrogen-bond donors (Lipinski definition) is 0. The Balaban J connectivity index is 1.44. The highest BCUT2D eigenvalue weighted by Gasteiger charge is 2.21. The highest BCUT2D eigenvalue weighted by atomic mass is 19.1. The van der Waals surface area contributed by atoms with Gasteiger partial charge in [-0.3, -0.25) is 9.59 Å². The van der Waals surface area contributed by atoms with Gasteiger partial charge in [-0.15, -0.1) is 10.2 Å². The minimum atomic E-state index is -0.347. The Labute approximate surface area is 154 Å². The number of amides is 1. The van der Waals surface area contributed by atoms with Crippen LogP contribution in [0.1, 0.15) is 23.2 Å². The molecule has 0 aliphatic carbocycles. The van der Waals surface area contributed by atoms with Gasteiger partial charge < -0.3 is 4.90 Å². The van der Waals surface area contributed by atoms with E-state index in [1.807, 2.05) is 0 Å². The SMILES string of the molecule is O=C(Cn1nnc(-c2ccc(F)cc2)n1)c1ccc(N2CCCC2=O)cc1. The van der Waals surface area contributed by atoms with Crippen LogP contribution in [0.3, 0.4) is 0 Å². The second-order valence-corrected chi connectivity index (χ2v) is 6.27. The fourth-order valence-corrected chi connectivity index (χ4v) is 2.99. The number of benzene rings is 2. The molecule has 0 radical (unpaired) electrons. The van der Waals surface area contributed by atoms with Gasteiger partial charge in [-0.2, -0.15) is 4.80 Å². The minimum absolute atomic E-state index is 0.0593. The van der Waals surface area contributed by atoms with E-state index < -0.39 is 0 Å². The van der Waals surface area contributed by atoms with Gasteiger partial charge in [-0.05, 0) is 60.2 Å². The van der Waals surface area contributed by atoms with Gasteiger partial charge >= 0.3 is 0 Å². The molecule has 7 nitrogen and oxygen atoms in total. The Morgan fingerprint density at radius 2 is 1.81 bits per heavy atom. The number of rotatable bonds is 5. The lowest BCUT2D eigenvalue weighted by molar-refractivity contribution is -0.117. The van der Waals surface area contributed by atoms with Crippen molar-refractivity contribution in [3.63, 3.8) is 0 Å². The van der Waals surface area contributed by atoms with Crippen LogP contribution in [0.2, 0.25) is 0 Å². The summed E-state index contributed by atoms with van der Waals surface area (Å²) in [4.78, 5) is 27.2. The number of carbonyl (C=O) groups excluding carboxylic acids is 2. The molecule has 1 aliphatic rings. The van der Waals surface area contributed by atoms with Crippen molar-refractivity contribution >= 4 is 17.4 Å². The van der Waals surface area contributed by atoms with Gasteiger partial charge in [-0.25, -0.2) is 4.39 Å². The van der Waals surface area contributed by atoms with E-state index in [-0.39, 0.29) is 24.1 Å². The molecule has 0 bridgehead atoms. The molecule has 1 aromatic heterocycles. The smallest absolute Gasteiger partial charge is 0.227 e. The van der Waals surface area contributed by atoms with Gasteiger partial charge in [0.15, 0.2) is 5.78 Å². The van der Waals surface area contributed by atoms with Crippen LogP contribution in [-0.4, -0.2) is 38.4 Å². The average molecular weight is 365 g/mol. The normalized spacial score (nSPS) is 14.0. The van der Waals surface area contributed by atoms with Crippen LogP contribution in [0.4, 0.5) is 10.1 Å². The van der Waals surface area contributed by atoms with Crippen LogP contribution in [-0.2, 0) is 11.3 Å². The third kappa shape index (κ3) is 3.59. The number of aromatic nitrogens is 4. The summed E-state index contributed by atoms with van der Waals surface area (Å²) in [6.07, 6.45) is 1.42. The summed E-state index contributed by atoms with van der Waals surface area (Å²) in [5.41, 5.74) is 1.92. The first-order chi connectivity index (χ1) is 13.1. The van der Waals surface area contributed by atoms with Gasteiger partial charge in [0, 0.05) is 29.8 Å². The number of ketones is 1. The molecular weight excluding hydrogens is 349 g/mol. The van der Waals surface area contributed by atoms with Crippen molar-refractivity contribution in [3.8, 4) is 11.4 Å². The lowest BCUT2D eigenvalue weighted by Gasteiger charge is -2.15. The van der Waals surface area contributed by atoms with Crippen molar-refractivity contribution in [1.29, 1.82) is 0 Å². The largest absolute Gasteiger partial charge is 0.312 e. The van der Waals surface area contributed by atoms with Gasteiger partial charge in [0.2, 0.25) is 11.7 Å². The number of nitrogens with zero attached hydrogens (tertiary/aromatic N) is 5. The summed E-state index contributed by atoms with van der Waals surface area (Å²) in [6.45, 7) is 0.650. The zero-order valence-electron chi connectivity index (χ0n) is 14.4. The maximum absolute atomic E-state index is 13.0. The first kappa shape index (κ1) is 17.0. The molecule has 2 aromatic carbocycles. The number of hydrogen-bond acceptors (Lipinski definition) is 5. The Kier molecular flexibility index (Phi) is 4.45. The van der Waals surface area contributed by atoms with Gasteiger partial charge in [0.05, 0.1) is 0 Å². The number of carbonyl (C=O) groups is 2. The standard InChI is InChI=1S/C19H16FN5O2/c20-15-7-3-14(4-8-15)19-21-23-25(22-19)12-17(26)13-5-9-16(10-6-13)24-11-1-2-18(24)27/h3-10H,1-2,11-12H2. The van der Waals surface area contributed by atoms with E-state index in [2.05, 4.69) is 15.4 Å². The Morgan fingerprint density at radius 1 is 1.07 bits per heavy atom. The van der Waals surface area contributed by atoms with Crippen LogP contribution >= 0.6 is 0 Å². The Morgan fingerprint density at radius 3 is 2.48 bits per heavy atom.